The third kappa shape index (κ3) is 37.4. The number of carbonyl (C=O) groups excluding carboxylic acids is 13. The largest absolute Gasteiger partial charge is 0.460 e. The lowest BCUT2D eigenvalue weighted by Gasteiger charge is -2.39. The van der Waals surface area contributed by atoms with Gasteiger partial charge in [-0.1, -0.05) is 18.6 Å². The molecule has 682 valence electrons. The molecule has 43 heteroatoms. The van der Waals surface area contributed by atoms with Crippen LogP contribution in [0.4, 0.5) is 11.4 Å². The van der Waals surface area contributed by atoms with Crippen LogP contribution in [0.2, 0.25) is 0 Å². The lowest BCUT2D eigenvalue weighted by atomic mass is 9.97. The standard InChI is InChI=1S/C48H72N4O23S.C31H43N3O12/c1-48(2,3)47(64)73-28-31-6-7-36(74-46-44(62)43(61)42(60)37(27-53)75-46)35(25-31)51-38(56)10-13-49-39(57)29-72-18-14-50-45(63)32(30-76(65,66)67)26-34(55)12-17-69-20-22-71-24-23-70-21-19-68-16-4-5-33(54)11-15-52-40(58)8-9-41(52)59;1-31(2,3)30(43)44-17-18-8-9-20(45-29-28(42)27(41)26(40)21(16-35)46-29)19(15-18)33-23(37)12-13-32-22(36)7-5-4-6-14-34-24(38)10-11-25(34)39/h6-9,25,32,37,42-44,46,53,60-62H,4-5,10-24,26-30H2,1-3H3,(H,49,57)(H,50,63)(H,51,56)(H,65,66,67);8-11,15,21,26-29,35,40-42H,4-7,12-14,16-17H2,1-3H3,(H,32,36)(H,33,37)/t32?,37-,42+,43+,44-,46-;21-,26+,27+,28-,29-/m11/s1. The predicted molar refractivity (Wildman–Crippen MR) is 423 cm³/mol. The molecule has 2 aromatic carbocycles. The van der Waals surface area contributed by atoms with Gasteiger partial charge in [-0.3, -0.25) is 76.7 Å². The number of imide groups is 2. The van der Waals surface area contributed by atoms with Gasteiger partial charge in [-0.15, -0.1) is 0 Å². The fourth-order valence-corrected chi connectivity index (χ4v) is 12.1. The summed E-state index contributed by atoms with van der Waals surface area (Å²) >= 11 is 0. The summed E-state index contributed by atoms with van der Waals surface area (Å²) in [5, 5.41) is 93.3. The van der Waals surface area contributed by atoms with Gasteiger partial charge in [-0.2, -0.15) is 8.42 Å². The zero-order valence-electron chi connectivity index (χ0n) is 69.0. The molecule has 9 amide bonds. The van der Waals surface area contributed by atoms with Gasteiger partial charge in [-0.05, 0) is 96.2 Å². The maximum absolute atomic E-state index is 13.0. The molecule has 122 heavy (non-hydrogen) atoms. The van der Waals surface area contributed by atoms with Crippen LogP contribution in [0.15, 0.2) is 60.7 Å². The van der Waals surface area contributed by atoms with E-state index in [1.165, 1.54) is 54.6 Å². The average molecular weight is 1750 g/mol. The van der Waals surface area contributed by atoms with Crippen molar-refractivity contribution in [1.82, 2.24) is 25.8 Å². The third-order valence-electron chi connectivity index (χ3n) is 18.3. The quantitative estimate of drug-likeness (QED) is 0.0147. The number of nitrogens with one attached hydrogen (secondary N) is 5. The summed E-state index contributed by atoms with van der Waals surface area (Å²) in [6.45, 7) is 9.44. The fourth-order valence-electron chi connectivity index (χ4n) is 11.4. The number of ether oxygens (including phenoxy) is 11. The normalized spacial score (nSPS) is 20.5. The van der Waals surface area contributed by atoms with Gasteiger partial charge in [0.15, 0.2) is 0 Å². The van der Waals surface area contributed by atoms with Crippen molar-refractivity contribution < 1.29 is 168 Å². The number of hydrogen-bond acceptors (Lipinski definition) is 34. The Balaban J connectivity index is 0.000000489. The molecular weight excluding hydrogens is 1640 g/mol. The molecule has 0 radical (unpaired) electrons. The average Bonchev–Trinajstić information content (AvgIpc) is 0.941. The van der Waals surface area contributed by atoms with Crippen LogP contribution >= 0.6 is 0 Å². The smallest absolute Gasteiger partial charge is 0.311 e. The van der Waals surface area contributed by atoms with Crippen LogP contribution < -0.4 is 36.1 Å². The van der Waals surface area contributed by atoms with Crippen molar-refractivity contribution in [3.8, 4) is 11.5 Å². The molecule has 2 saturated heterocycles. The van der Waals surface area contributed by atoms with E-state index >= 15 is 0 Å². The number of Topliss-reactive ketones (excluding diaryl/α,β-unsaturated/α-hetero) is 2. The van der Waals surface area contributed by atoms with E-state index in [2.05, 4.69) is 26.6 Å². The number of benzene rings is 2. The monoisotopic (exact) mass is 1750 g/mol. The van der Waals surface area contributed by atoms with Crippen LogP contribution in [0.5, 0.6) is 11.5 Å². The van der Waals surface area contributed by atoms with Crippen LogP contribution in [0.1, 0.15) is 123 Å². The molecule has 0 aliphatic carbocycles. The molecule has 2 aromatic rings. The van der Waals surface area contributed by atoms with E-state index in [1.807, 2.05) is 0 Å². The van der Waals surface area contributed by atoms with Crippen LogP contribution in [0.3, 0.4) is 0 Å². The number of aliphatic hydroxyl groups is 8. The lowest BCUT2D eigenvalue weighted by Crippen LogP contribution is -2.60. The van der Waals surface area contributed by atoms with E-state index in [9.17, 15) is 116 Å². The van der Waals surface area contributed by atoms with Crippen molar-refractivity contribution in [3.05, 3.63) is 71.8 Å². The second-order valence-corrected chi connectivity index (χ2v) is 32.0. The summed E-state index contributed by atoms with van der Waals surface area (Å²) in [5.41, 5.74) is -0.483. The number of ketones is 2. The molecule has 1 unspecified atom stereocenters. The fraction of sp³-hybridized carbons (Fsp3) is 0.633. The first-order valence-electron chi connectivity index (χ1n) is 39.6. The Bertz CT molecular complexity index is 3960. The first kappa shape index (κ1) is 103. The summed E-state index contributed by atoms with van der Waals surface area (Å²) in [6.07, 6.45) is -9.19. The first-order chi connectivity index (χ1) is 57.7. The van der Waals surface area contributed by atoms with Crippen LogP contribution in [0, 0.1) is 16.7 Å². The molecule has 6 rings (SSSR count). The van der Waals surface area contributed by atoms with E-state index in [-0.39, 0.29) is 170 Å². The Kier molecular flexibility index (Phi) is 44.3. The number of aliphatic hydroxyl groups excluding tert-OH is 8. The van der Waals surface area contributed by atoms with E-state index in [0.717, 1.165) is 9.80 Å². The Labute approximate surface area is 704 Å². The van der Waals surface area contributed by atoms with Crippen molar-refractivity contribution in [2.24, 2.45) is 16.7 Å². The predicted octanol–water partition coefficient (Wildman–Crippen LogP) is -2.00. The molecule has 4 aliphatic rings. The molecule has 0 aromatic heterocycles. The highest BCUT2D eigenvalue weighted by Gasteiger charge is 2.47. The lowest BCUT2D eigenvalue weighted by molar-refractivity contribution is -0.277. The molecule has 0 spiro atoms. The van der Waals surface area contributed by atoms with E-state index < -0.39 is 173 Å². The Hall–Kier alpha value is -9.26. The van der Waals surface area contributed by atoms with Crippen LogP contribution in [0.25, 0.3) is 0 Å². The SMILES string of the molecule is CC(C)(C)C(=O)OCc1ccc(O[C@@H]2O[C@H](CO)[C@H](O)[C@H](O)[C@H]2O)c(NC(=O)CCNC(=O)CCCCCN2C(=O)C=CC2=O)c1.CC(C)(C)C(=O)OCc1ccc(O[C@@H]2O[C@H](CO)[C@H](O)[C@H](O)[C@H]2O)c(NC(=O)CCNC(=O)COCCNC(=O)C(CC(=O)CCOCCOCCOCCOCCCC(=O)CCN2C(=O)C=CC2=O)CS(=O)(=O)O)c1. The van der Waals surface area contributed by atoms with E-state index in [4.69, 9.17) is 52.1 Å². The van der Waals surface area contributed by atoms with Crippen molar-refractivity contribution in [2.75, 3.05) is 128 Å². The maximum Gasteiger partial charge on any atom is 0.311 e. The molecule has 11 atom stereocenters. The van der Waals surface area contributed by atoms with E-state index in [0.29, 0.717) is 56.6 Å². The molecular formula is C79H115N7O35S. The second-order valence-electron chi connectivity index (χ2n) is 30.5. The number of esters is 2. The van der Waals surface area contributed by atoms with Gasteiger partial charge in [0.05, 0.1) is 99.9 Å². The minimum absolute atomic E-state index is 0.0146. The number of carbonyl (C=O) groups is 13. The number of rotatable bonds is 53. The zero-order valence-corrected chi connectivity index (χ0v) is 69.8. The van der Waals surface area contributed by atoms with Crippen molar-refractivity contribution in [1.29, 1.82) is 0 Å². The summed E-state index contributed by atoms with van der Waals surface area (Å²) in [7, 11) is -4.66. The zero-order chi connectivity index (χ0) is 90.3. The Morgan fingerprint density at radius 3 is 1.35 bits per heavy atom. The van der Waals surface area contributed by atoms with Gasteiger partial charge < -0.3 is 120 Å². The molecule has 4 heterocycles. The van der Waals surface area contributed by atoms with Gasteiger partial charge in [0.25, 0.3) is 33.7 Å². The minimum Gasteiger partial charge on any atom is -0.460 e. The number of amides is 9. The van der Waals surface area contributed by atoms with Gasteiger partial charge in [-0.25, -0.2) is 0 Å². The summed E-state index contributed by atoms with van der Waals surface area (Å²) < 4.78 is 92.7. The minimum atomic E-state index is -4.66. The molecule has 0 bridgehead atoms. The van der Waals surface area contributed by atoms with E-state index in [1.54, 1.807) is 47.6 Å². The van der Waals surface area contributed by atoms with Crippen molar-refractivity contribution in [3.63, 3.8) is 0 Å². The van der Waals surface area contributed by atoms with Gasteiger partial charge in [0, 0.05) is 109 Å². The number of anilines is 2. The summed E-state index contributed by atoms with van der Waals surface area (Å²) in [6, 6.07) is 8.79. The summed E-state index contributed by atoms with van der Waals surface area (Å²) in [4.78, 5) is 161. The summed E-state index contributed by atoms with van der Waals surface area (Å²) in [5.74, 6) is -8.47. The second kappa shape index (κ2) is 52.4. The Morgan fingerprint density at radius 2 is 0.902 bits per heavy atom. The van der Waals surface area contributed by atoms with Crippen molar-refractivity contribution >= 4 is 98.2 Å². The van der Waals surface area contributed by atoms with Crippen LogP contribution in [-0.4, -0.2) is 319 Å². The topological polar surface area (TPSA) is 606 Å². The molecule has 42 nitrogen and oxygen atoms in total. The number of hydrogen-bond donors (Lipinski definition) is 14. The van der Waals surface area contributed by atoms with Gasteiger partial charge in [0.1, 0.15) is 91.7 Å². The van der Waals surface area contributed by atoms with Gasteiger partial charge >= 0.3 is 11.9 Å². The highest BCUT2D eigenvalue weighted by atomic mass is 32.2. The third-order valence-corrected chi connectivity index (χ3v) is 19.1. The molecule has 2 fully saturated rings. The molecule has 0 saturated carbocycles. The molecule has 14 N–H and O–H groups in total. The van der Waals surface area contributed by atoms with Gasteiger partial charge in [0.2, 0.25) is 42.1 Å². The Morgan fingerprint density at radius 1 is 0.459 bits per heavy atom. The van der Waals surface area contributed by atoms with Crippen molar-refractivity contribution in [2.45, 2.75) is 187 Å². The maximum atomic E-state index is 13.0. The number of unbranched alkanes of at least 4 members (excludes halogenated alkanes) is 2. The number of nitrogens with zero attached hydrogens (tertiary/aromatic N) is 2. The highest BCUT2D eigenvalue weighted by Crippen LogP contribution is 2.34. The molecule has 4 aliphatic heterocycles. The highest BCUT2D eigenvalue weighted by molar-refractivity contribution is 7.85. The first-order valence-corrected chi connectivity index (χ1v) is 41.2. The van der Waals surface area contributed by atoms with Crippen LogP contribution in [-0.2, 0) is 128 Å².